The Balaban J connectivity index is 1.67. The lowest BCUT2D eigenvalue weighted by Gasteiger charge is -2.34. The number of carbonyl (C=O) groups excluding carboxylic acids is 1. The molecular weight excluding hydrogens is 230 g/mol. The van der Waals surface area contributed by atoms with Gasteiger partial charge in [0.05, 0.1) is 18.3 Å². The first-order chi connectivity index (χ1) is 8.69. The largest absolute Gasteiger partial charge is 0.378 e. The standard InChI is InChI=1S/C13H21N3O2/c1-3-18-12-4-10(5-12)6-13(17)16-9(2)11-7-14-15-8-11/h7-10,12H,3-6H2,1-2H3,(H,14,15)(H,16,17). The topological polar surface area (TPSA) is 67.0 Å². The van der Waals surface area contributed by atoms with Crippen LogP contribution in [0.3, 0.4) is 0 Å². The summed E-state index contributed by atoms with van der Waals surface area (Å²) in [5, 5.41) is 9.61. The van der Waals surface area contributed by atoms with Crippen molar-refractivity contribution in [2.45, 2.75) is 45.3 Å². The number of amides is 1. The van der Waals surface area contributed by atoms with Gasteiger partial charge in [0.25, 0.3) is 0 Å². The molecule has 0 spiro atoms. The van der Waals surface area contributed by atoms with E-state index in [-0.39, 0.29) is 11.9 Å². The van der Waals surface area contributed by atoms with Crippen molar-refractivity contribution < 1.29 is 9.53 Å². The SMILES string of the molecule is CCOC1CC(CC(=O)NC(C)c2cn[nH]c2)C1. The van der Waals surface area contributed by atoms with Gasteiger partial charge in [-0.05, 0) is 32.6 Å². The van der Waals surface area contributed by atoms with Crippen LogP contribution < -0.4 is 5.32 Å². The van der Waals surface area contributed by atoms with Gasteiger partial charge in [-0.1, -0.05) is 0 Å². The van der Waals surface area contributed by atoms with E-state index in [2.05, 4.69) is 15.5 Å². The Morgan fingerprint density at radius 3 is 3.06 bits per heavy atom. The molecule has 0 aromatic carbocycles. The monoisotopic (exact) mass is 251 g/mol. The molecule has 18 heavy (non-hydrogen) atoms. The van der Waals surface area contributed by atoms with E-state index in [1.807, 2.05) is 13.8 Å². The van der Waals surface area contributed by atoms with Gasteiger partial charge < -0.3 is 10.1 Å². The molecule has 1 aromatic heterocycles. The first kappa shape index (κ1) is 13.1. The van der Waals surface area contributed by atoms with Gasteiger partial charge in [0, 0.05) is 24.8 Å². The van der Waals surface area contributed by atoms with Crippen molar-refractivity contribution in [1.82, 2.24) is 15.5 Å². The Labute approximate surface area is 107 Å². The van der Waals surface area contributed by atoms with Crippen molar-refractivity contribution in [2.24, 2.45) is 5.92 Å². The number of rotatable bonds is 6. The number of H-pyrrole nitrogens is 1. The number of aromatic nitrogens is 2. The molecule has 0 aliphatic heterocycles. The van der Waals surface area contributed by atoms with Crippen LogP contribution in [0.2, 0.25) is 0 Å². The van der Waals surface area contributed by atoms with Gasteiger partial charge in [-0.15, -0.1) is 0 Å². The number of carbonyl (C=O) groups is 1. The van der Waals surface area contributed by atoms with Crippen LogP contribution in [0.15, 0.2) is 12.4 Å². The molecule has 0 radical (unpaired) electrons. The second-order valence-corrected chi connectivity index (χ2v) is 4.94. The first-order valence-electron chi connectivity index (χ1n) is 6.58. The summed E-state index contributed by atoms with van der Waals surface area (Å²) < 4.78 is 5.49. The van der Waals surface area contributed by atoms with E-state index in [0.717, 1.165) is 25.0 Å². The van der Waals surface area contributed by atoms with Crippen molar-refractivity contribution in [3.8, 4) is 0 Å². The maximum Gasteiger partial charge on any atom is 0.220 e. The number of ether oxygens (including phenoxy) is 1. The lowest BCUT2D eigenvalue weighted by molar-refractivity contribution is -0.124. The lowest BCUT2D eigenvalue weighted by atomic mass is 9.80. The molecule has 1 aliphatic rings. The second-order valence-electron chi connectivity index (χ2n) is 4.94. The Morgan fingerprint density at radius 1 is 1.67 bits per heavy atom. The highest BCUT2D eigenvalue weighted by molar-refractivity contribution is 5.76. The zero-order valence-corrected chi connectivity index (χ0v) is 11.0. The highest BCUT2D eigenvalue weighted by Gasteiger charge is 2.31. The fourth-order valence-electron chi connectivity index (χ4n) is 2.36. The van der Waals surface area contributed by atoms with Gasteiger partial charge in [0.2, 0.25) is 5.91 Å². The summed E-state index contributed by atoms with van der Waals surface area (Å²) >= 11 is 0. The van der Waals surface area contributed by atoms with Crippen LogP contribution in [-0.4, -0.2) is 28.8 Å². The van der Waals surface area contributed by atoms with E-state index < -0.39 is 0 Å². The molecule has 1 aliphatic carbocycles. The summed E-state index contributed by atoms with van der Waals surface area (Å²) in [7, 11) is 0. The Morgan fingerprint density at radius 2 is 2.44 bits per heavy atom. The highest BCUT2D eigenvalue weighted by atomic mass is 16.5. The van der Waals surface area contributed by atoms with E-state index in [9.17, 15) is 4.79 Å². The molecule has 1 aromatic rings. The molecule has 1 atom stereocenters. The maximum atomic E-state index is 11.8. The Kier molecular flexibility index (Phi) is 4.36. The predicted molar refractivity (Wildman–Crippen MR) is 67.9 cm³/mol. The third-order valence-corrected chi connectivity index (χ3v) is 3.47. The minimum Gasteiger partial charge on any atom is -0.378 e. The third-order valence-electron chi connectivity index (χ3n) is 3.47. The van der Waals surface area contributed by atoms with Crippen LogP contribution in [0.4, 0.5) is 0 Å². The van der Waals surface area contributed by atoms with E-state index >= 15 is 0 Å². The summed E-state index contributed by atoms with van der Waals surface area (Å²) in [6, 6.07) is 0.0130. The summed E-state index contributed by atoms with van der Waals surface area (Å²) in [4.78, 5) is 11.8. The van der Waals surface area contributed by atoms with Gasteiger partial charge in [-0.2, -0.15) is 5.10 Å². The van der Waals surface area contributed by atoms with E-state index in [1.54, 1.807) is 12.4 Å². The zero-order chi connectivity index (χ0) is 13.0. The zero-order valence-electron chi connectivity index (χ0n) is 11.0. The fourth-order valence-corrected chi connectivity index (χ4v) is 2.36. The third kappa shape index (κ3) is 3.32. The average molecular weight is 251 g/mol. The molecule has 1 fully saturated rings. The van der Waals surface area contributed by atoms with Gasteiger partial charge in [0.1, 0.15) is 0 Å². The van der Waals surface area contributed by atoms with Crippen LogP contribution in [0.5, 0.6) is 0 Å². The van der Waals surface area contributed by atoms with Gasteiger partial charge in [-0.25, -0.2) is 0 Å². The summed E-state index contributed by atoms with van der Waals surface area (Å²) in [5.41, 5.74) is 1.00. The van der Waals surface area contributed by atoms with Crippen molar-refractivity contribution in [2.75, 3.05) is 6.61 Å². The molecule has 0 saturated heterocycles. The molecule has 100 valence electrons. The minimum atomic E-state index is 0.0130. The molecular formula is C13H21N3O2. The number of aromatic amines is 1. The van der Waals surface area contributed by atoms with Crippen molar-refractivity contribution in [3.63, 3.8) is 0 Å². The van der Waals surface area contributed by atoms with Gasteiger partial charge in [-0.3, -0.25) is 9.89 Å². The molecule has 1 saturated carbocycles. The Bertz CT molecular complexity index is 372. The normalized spacial score (nSPS) is 24.3. The van der Waals surface area contributed by atoms with E-state index in [0.29, 0.717) is 18.4 Å². The predicted octanol–water partition coefficient (Wildman–Crippen LogP) is 1.79. The van der Waals surface area contributed by atoms with E-state index in [4.69, 9.17) is 4.74 Å². The summed E-state index contributed by atoms with van der Waals surface area (Å²) in [6.45, 7) is 4.74. The molecule has 5 nitrogen and oxygen atoms in total. The summed E-state index contributed by atoms with van der Waals surface area (Å²) in [6.07, 6.45) is 6.55. The van der Waals surface area contributed by atoms with Crippen LogP contribution in [0.25, 0.3) is 0 Å². The number of nitrogens with zero attached hydrogens (tertiary/aromatic N) is 1. The van der Waals surface area contributed by atoms with Crippen LogP contribution in [-0.2, 0) is 9.53 Å². The maximum absolute atomic E-state index is 11.8. The number of hydrogen-bond donors (Lipinski definition) is 2. The molecule has 2 N–H and O–H groups in total. The molecule has 1 heterocycles. The fraction of sp³-hybridized carbons (Fsp3) is 0.692. The Hall–Kier alpha value is -1.36. The van der Waals surface area contributed by atoms with Crippen LogP contribution in [0, 0.1) is 5.92 Å². The number of nitrogens with one attached hydrogen (secondary N) is 2. The second kappa shape index (κ2) is 6.00. The molecule has 1 unspecified atom stereocenters. The van der Waals surface area contributed by atoms with Gasteiger partial charge >= 0.3 is 0 Å². The van der Waals surface area contributed by atoms with Gasteiger partial charge in [0.15, 0.2) is 0 Å². The molecule has 0 bridgehead atoms. The van der Waals surface area contributed by atoms with Crippen molar-refractivity contribution in [3.05, 3.63) is 18.0 Å². The lowest BCUT2D eigenvalue weighted by Crippen LogP contribution is -2.36. The van der Waals surface area contributed by atoms with Crippen LogP contribution in [0.1, 0.15) is 44.7 Å². The smallest absolute Gasteiger partial charge is 0.220 e. The van der Waals surface area contributed by atoms with Crippen molar-refractivity contribution >= 4 is 5.91 Å². The molecule has 5 heteroatoms. The molecule has 1 amide bonds. The summed E-state index contributed by atoms with van der Waals surface area (Å²) in [5.74, 6) is 0.599. The van der Waals surface area contributed by atoms with Crippen LogP contribution >= 0.6 is 0 Å². The average Bonchev–Trinajstić information content (AvgIpc) is 2.79. The highest BCUT2D eigenvalue weighted by Crippen LogP contribution is 2.32. The first-order valence-corrected chi connectivity index (χ1v) is 6.58. The molecule has 2 rings (SSSR count). The van der Waals surface area contributed by atoms with Crippen molar-refractivity contribution in [1.29, 1.82) is 0 Å². The minimum absolute atomic E-state index is 0.0130. The number of hydrogen-bond acceptors (Lipinski definition) is 3. The van der Waals surface area contributed by atoms with E-state index in [1.165, 1.54) is 0 Å². The quantitative estimate of drug-likeness (QED) is 0.810.